The Kier molecular flexibility index (Phi) is 13.8. The summed E-state index contributed by atoms with van der Waals surface area (Å²) in [5.74, 6) is 0.751. The molecule has 4 aliphatic carbocycles. The number of aliphatic hydroxyl groups excluding tert-OH is 9. The number of carbonyl (C=O) groups excluding carboxylic acids is 1. The molecule has 4 heterocycles. The molecule has 17 heteroatoms. The largest absolute Gasteiger partial charge is 0.394 e. The minimum Gasteiger partial charge on any atom is -0.394 e. The molecule has 26 atom stereocenters. The predicted octanol–water partition coefficient (Wildman–Crippen LogP) is 0.403. The lowest BCUT2D eigenvalue weighted by Crippen LogP contribution is -2.64. The van der Waals surface area contributed by atoms with Crippen LogP contribution in [0.5, 0.6) is 0 Å². The van der Waals surface area contributed by atoms with Crippen molar-refractivity contribution < 1.29 is 83.9 Å². The summed E-state index contributed by atoms with van der Waals surface area (Å²) < 4.78 is 42.6. The monoisotopic (exact) mass is 884 g/mol. The molecular weight excluding hydrogens is 812 g/mol. The number of hydrogen-bond acceptors (Lipinski definition) is 17. The smallest absolute Gasteiger partial charge is 0.189 e. The number of ether oxygens (including phenoxy) is 7. The first-order valence-corrected chi connectivity index (χ1v) is 23.2. The zero-order valence-corrected chi connectivity index (χ0v) is 36.8. The quantitative estimate of drug-likeness (QED) is 0.152. The van der Waals surface area contributed by atoms with Crippen LogP contribution in [0, 0.1) is 46.3 Å². The van der Waals surface area contributed by atoms with Crippen molar-refractivity contribution in [1.29, 1.82) is 0 Å². The number of hydrogen-bond donors (Lipinski definition) is 9. The van der Waals surface area contributed by atoms with Crippen molar-refractivity contribution in [3.63, 3.8) is 0 Å². The van der Waals surface area contributed by atoms with Crippen molar-refractivity contribution >= 4 is 5.78 Å². The molecule has 17 nitrogen and oxygen atoms in total. The molecule has 8 rings (SSSR count). The third-order valence-corrected chi connectivity index (χ3v) is 17.2. The number of allylic oxidation sites excluding steroid dienone is 2. The van der Waals surface area contributed by atoms with Crippen LogP contribution in [0.3, 0.4) is 0 Å². The van der Waals surface area contributed by atoms with E-state index >= 15 is 0 Å². The molecule has 0 aromatic heterocycles. The number of aliphatic hydroxyl groups is 9. The van der Waals surface area contributed by atoms with Gasteiger partial charge in [-0.15, -0.1) is 0 Å². The molecule has 7 fully saturated rings. The van der Waals surface area contributed by atoms with Crippen molar-refractivity contribution in [1.82, 2.24) is 0 Å². The van der Waals surface area contributed by atoms with Crippen molar-refractivity contribution in [2.75, 3.05) is 6.61 Å². The highest BCUT2D eigenvalue weighted by Gasteiger charge is 2.61. The molecule has 0 aromatic carbocycles. The van der Waals surface area contributed by atoms with Crippen LogP contribution in [-0.2, 0) is 38.0 Å². The van der Waals surface area contributed by atoms with Crippen LogP contribution < -0.4 is 0 Å². The zero-order valence-electron chi connectivity index (χ0n) is 36.8. The Balaban J connectivity index is 0.936. The number of ketones is 1. The summed E-state index contributed by atoms with van der Waals surface area (Å²) in [6.07, 6.45) is -12.1. The lowest BCUT2D eigenvalue weighted by molar-refractivity contribution is -0.370. The second kappa shape index (κ2) is 18.1. The zero-order chi connectivity index (χ0) is 44.7. The van der Waals surface area contributed by atoms with Crippen LogP contribution >= 0.6 is 0 Å². The van der Waals surface area contributed by atoms with Gasteiger partial charge < -0.3 is 79.1 Å². The van der Waals surface area contributed by atoms with Gasteiger partial charge in [0.05, 0.1) is 31.0 Å². The van der Waals surface area contributed by atoms with Crippen molar-refractivity contribution in [2.45, 2.75) is 210 Å². The van der Waals surface area contributed by atoms with Gasteiger partial charge >= 0.3 is 0 Å². The third-order valence-electron chi connectivity index (χ3n) is 17.2. The Morgan fingerprint density at radius 3 is 1.89 bits per heavy atom. The summed E-state index contributed by atoms with van der Waals surface area (Å²) in [5, 5.41) is 94.4. The molecule has 4 saturated heterocycles. The molecule has 0 radical (unpaired) electrons. The normalized spacial score (nSPS) is 55.1. The van der Waals surface area contributed by atoms with Crippen molar-refractivity contribution in [2.24, 2.45) is 46.3 Å². The summed E-state index contributed by atoms with van der Waals surface area (Å²) in [7, 11) is 0. The second-order valence-electron chi connectivity index (χ2n) is 20.7. The molecular formula is C45H72O17. The molecule has 0 spiro atoms. The SMILES string of the molecule is C[C@@H]([C@H]1CC[C@H]2C3=CC(=O)[C@H]4C[C@@H](O[C@@H]5O[C@H](CO)[C@@H](O)[C@H](O)[C@H]5O[C@@H]5O[C@@H](C)[C@H](O)[C@@H](O)[C@H]5O)CC[C@]4(C)[C@H]3CC[C@]12C)[C@H]1CC[C@H](C)[C@H](O[C@@H]2O[C@@H](C)[C@H](O)[C@@H](O)[C@H]2O)O1. The van der Waals surface area contributed by atoms with E-state index in [0.717, 1.165) is 38.5 Å². The minimum absolute atomic E-state index is 0.0327. The Morgan fingerprint density at radius 1 is 0.629 bits per heavy atom. The van der Waals surface area contributed by atoms with E-state index in [-0.39, 0.29) is 52.3 Å². The van der Waals surface area contributed by atoms with E-state index in [1.54, 1.807) is 6.92 Å². The van der Waals surface area contributed by atoms with Crippen LogP contribution in [0.4, 0.5) is 0 Å². The van der Waals surface area contributed by atoms with E-state index in [4.69, 9.17) is 33.2 Å². The summed E-state index contributed by atoms with van der Waals surface area (Å²) in [4.78, 5) is 14.4. The first-order chi connectivity index (χ1) is 29.3. The van der Waals surface area contributed by atoms with Gasteiger partial charge in [0.25, 0.3) is 0 Å². The fourth-order valence-electron chi connectivity index (χ4n) is 13.1. The highest BCUT2D eigenvalue weighted by molar-refractivity contribution is 5.94. The Morgan fingerprint density at radius 2 is 1.24 bits per heavy atom. The molecule has 62 heavy (non-hydrogen) atoms. The van der Waals surface area contributed by atoms with Crippen LogP contribution in [0.1, 0.15) is 99.3 Å². The molecule has 3 saturated carbocycles. The topological polar surface area (TPSA) is 264 Å². The third kappa shape index (κ3) is 8.19. The lowest BCUT2D eigenvalue weighted by Gasteiger charge is -2.57. The van der Waals surface area contributed by atoms with Crippen LogP contribution in [0.15, 0.2) is 11.6 Å². The number of carbonyl (C=O) groups is 1. The van der Waals surface area contributed by atoms with E-state index in [1.165, 1.54) is 12.5 Å². The molecule has 8 aliphatic rings. The molecule has 0 amide bonds. The maximum atomic E-state index is 14.4. The highest BCUT2D eigenvalue weighted by atomic mass is 16.8. The molecule has 0 bridgehead atoms. The first-order valence-electron chi connectivity index (χ1n) is 23.2. The molecule has 9 N–H and O–H groups in total. The van der Waals surface area contributed by atoms with E-state index < -0.39 is 111 Å². The minimum atomic E-state index is -1.68. The van der Waals surface area contributed by atoms with E-state index in [9.17, 15) is 50.8 Å². The average molecular weight is 885 g/mol. The maximum Gasteiger partial charge on any atom is 0.189 e. The van der Waals surface area contributed by atoms with Crippen LogP contribution in [0.2, 0.25) is 0 Å². The first kappa shape index (κ1) is 47.3. The van der Waals surface area contributed by atoms with Gasteiger partial charge in [-0.25, -0.2) is 0 Å². The van der Waals surface area contributed by atoms with Gasteiger partial charge in [0.1, 0.15) is 61.0 Å². The Labute approximate surface area is 363 Å². The van der Waals surface area contributed by atoms with Gasteiger partial charge in [-0.1, -0.05) is 33.3 Å². The van der Waals surface area contributed by atoms with E-state index in [2.05, 4.69) is 20.8 Å². The van der Waals surface area contributed by atoms with Gasteiger partial charge in [0, 0.05) is 11.8 Å². The average Bonchev–Trinajstić information content (AvgIpc) is 3.60. The number of rotatable bonds is 9. The molecule has 0 unspecified atom stereocenters. The Hall–Kier alpha value is -1.23. The molecule has 0 aromatic rings. The van der Waals surface area contributed by atoms with Crippen LogP contribution in [-0.4, -0.2) is 169 Å². The highest BCUT2D eigenvalue weighted by Crippen LogP contribution is 2.67. The second-order valence-corrected chi connectivity index (χ2v) is 20.7. The maximum absolute atomic E-state index is 14.4. The van der Waals surface area contributed by atoms with E-state index in [0.29, 0.717) is 25.2 Å². The fourth-order valence-corrected chi connectivity index (χ4v) is 13.1. The predicted molar refractivity (Wildman–Crippen MR) is 215 cm³/mol. The van der Waals surface area contributed by atoms with Gasteiger partial charge in [-0.05, 0) is 112 Å². The summed E-state index contributed by atoms with van der Waals surface area (Å²) in [5.41, 5.74) is 0.899. The van der Waals surface area contributed by atoms with Gasteiger partial charge in [0.15, 0.2) is 30.9 Å². The van der Waals surface area contributed by atoms with Gasteiger partial charge in [0.2, 0.25) is 0 Å². The number of fused-ring (bicyclic) bond motifs is 5. The summed E-state index contributed by atoms with van der Waals surface area (Å²) >= 11 is 0. The Bertz CT molecular complexity index is 1620. The summed E-state index contributed by atoms with van der Waals surface area (Å²) in [6.45, 7) is 11.4. The standard InChI is InChI=1S/C45H72O17/c1-18-7-10-29(59-40(18)62-42-38(55)35(52)32(49)21(4)57-42)19(2)24-8-9-25-23-16-28(47)27-15-22(11-13-45(27,6)26(23)12-14-44(24,25)5)58-43-39(36(53)33(50)30(17-46)60-43)61-41-37(54)34(51)31(48)20(3)56-41/h16,18-22,24-27,29-43,46,48-55H,7-15,17H2,1-6H3/t18-,19-,20-,21-,22-,24+,25-,26-,27+,29+,30+,31-,32-,33+,34+,35+,36-,37+,38+,39+,40-,41-,42-,43+,44+,45+/m0/s1. The van der Waals surface area contributed by atoms with Crippen molar-refractivity contribution in [3.8, 4) is 0 Å². The van der Waals surface area contributed by atoms with Crippen molar-refractivity contribution in [3.05, 3.63) is 11.6 Å². The van der Waals surface area contributed by atoms with Crippen LogP contribution in [0.25, 0.3) is 0 Å². The van der Waals surface area contributed by atoms with Gasteiger partial charge in [-0.3, -0.25) is 4.79 Å². The molecule has 354 valence electrons. The fraction of sp³-hybridized carbons (Fsp3) is 0.933. The lowest BCUT2D eigenvalue weighted by atomic mass is 9.47. The summed E-state index contributed by atoms with van der Waals surface area (Å²) in [6, 6.07) is 0. The van der Waals surface area contributed by atoms with E-state index in [1.807, 2.05) is 13.0 Å². The van der Waals surface area contributed by atoms with Gasteiger partial charge in [-0.2, -0.15) is 0 Å². The molecule has 4 aliphatic heterocycles.